The van der Waals surface area contributed by atoms with Gasteiger partial charge in [0.15, 0.2) is 17.3 Å². The summed E-state index contributed by atoms with van der Waals surface area (Å²) in [6.45, 7) is 3.16. The van der Waals surface area contributed by atoms with Crippen LogP contribution in [0, 0.1) is 0 Å². The Hall–Kier alpha value is -2.48. The Morgan fingerprint density at radius 3 is 2.96 bits per heavy atom. The van der Waals surface area contributed by atoms with Gasteiger partial charge in [-0.05, 0) is 36.3 Å². The number of ether oxygens (including phenoxy) is 2. The number of hydrogen-bond acceptors (Lipinski definition) is 7. The van der Waals surface area contributed by atoms with E-state index in [0.29, 0.717) is 31.3 Å². The van der Waals surface area contributed by atoms with Gasteiger partial charge in [-0.1, -0.05) is 24.8 Å². The maximum atomic E-state index is 12.8. The Labute approximate surface area is 161 Å². The van der Waals surface area contributed by atoms with Crippen molar-refractivity contribution in [2.75, 3.05) is 24.3 Å². The Morgan fingerprint density at radius 2 is 2.11 bits per heavy atom. The van der Waals surface area contributed by atoms with E-state index in [-0.39, 0.29) is 11.8 Å². The van der Waals surface area contributed by atoms with E-state index in [1.807, 2.05) is 22.9 Å². The molecular formula is C19H20N4O3S. The lowest BCUT2D eigenvalue weighted by molar-refractivity contribution is -0.116. The summed E-state index contributed by atoms with van der Waals surface area (Å²) in [5.74, 6) is 3.22. The highest BCUT2D eigenvalue weighted by Crippen LogP contribution is 2.42. The van der Waals surface area contributed by atoms with E-state index in [1.54, 1.807) is 11.8 Å². The number of rotatable bonds is 3. The first-order valence-corrected chi connectivity index (χ1v) is 10.3. The van der Waals surface area contributed by atoms with E-state index in [2.05, 4.69) is 22.3 Å². The maximum Gasteiger partial charge on any atom is 0.227 e. The normalized spacial score (nSPS) is 20.8. The Bertz CT molecular complexity index is 952. The fourth-order valence-electron chi connectivity index (χ4n) is 3.87. The molecule has 0 amide bonds. The van der Waals surface area contributed by atoms with Crippen molar-refractivity contribution in [3.63, 3.8) is 0 Å². The van der Waals surface area contributed by atoms with E-state index >= 15 is 0 Å². The summed E-state index contributed by atoms with van der Waals surface area (Å²) in [5, 5.41) is 8.75. The molecule has 3 aliphatic rings. The maximum absolute atomic E-state index is 12.8. The number of hydrogen-bond donors (Lipinski definition) is 1. The van der Waals surface area contributed by atoms with Crippen LogP contribution in [0.1, 0.15) is 37.8 Å². The average molecular weight is 384 g/mol. The standard InChI is InChI=1S/C19H20N4O3S/c1-2-27-19-21-18-20-12-4-3-5-13(24)16(12)17(23(18)22-19)11-6-7-14-15(10-11)26-9-8-25-14/h6-7,10,17H,2-5,8-9H2,1H3,(H,20,21,22). The minimum atomic E-state index is -0.293. The lowest BCUT2D eigenvalue weighted by atomic mass is 9.85. The molecule has 0 saturated carbocycles. The van der Waals surface area contributed by atoms with Gasteiger partial charge in [0.1, 0.15) is 19.3 Å². The molecule has 1 aromatic carbocycles. The zero-order valence-corrected chi connectivity index (χ0v) is 15.8. The minimum absolute atomic E-state index is 0.175. The second-order valence-electron chi connectivity index (χ2n) is 6.70. The molecule has 3 heterocycles. The van der Waals surface area contributed by atoms with Crippen LogP contribution in [0.25, 0.3) is 0 Å². The Morgan fingerprint density at radius 1 is 1.26 bits per heavy atom. The van der Waals surface area contributed by atoms with Crippen molar-refractivity contribution in [1.29, 1.82) is 0 Å². The second kappa shape index (κ2) is 6.60. The van der Waals surface area contributed by atoms with Crippen LogP contribution in [0.3, 0.4) is 0 Å². The lowest BCUT2D eigenvalue weighted by Gasteiger charge is -2.32. The van der Waals surface area contributed by atoms with E-state index in [1.165, 1.54) is 0 Å². The summed E-state index contributed by atoms with van der Waals surface area (Å²) in [4.78, 5) is 17.4. The van der Waals surface area contributed by atoms with Gasteiger partial charge in [-0.15, -0.1) is 5.10 Å². The van der Waals surface area contributed by atoms with Crippen molar-refractivity contribution in [2.24, 2.45) is 0 Å². The van der Waals surface area contributed by atoms with Crippen LogP contribution in [-0.4, -0.2) is 39.5 Å². The first-order valence-electron chi connectivity index (χ1n) is 9.26. The van der Waals surface area contributed by atoms with Gasteiger partial charge in [0.05, 0.1) is 0 Å². The number of thioether (sulfide) groups is 1. The molecule has 1 N–H and O–H groups in total. The number of Topliss-reactive ketones (excluding diaryl/α,β-unsaturated/α-hetero) is 1. The van der Waals surface area contributed by atoms with Crippen molar-refractivity contribution in [2.45, 2.75) is 37.4 Å². The monoisotopic (exact) mass is 384 g/mol. The quantitative estimate of drug-likeness (QED) is 0.814. The molecule has 5 rings (SSSR count). The minimum Gasteiger partial charge on any atom is -0.486 e. The second-order valence-corrected chi connectivity index (χ2v) is 7.93. The van der Waals surface area contributed by atoms with Gasteiger partial charge in [-0.2, -0.15) is 4.98 Å². The highest BCUT2D eigenvalue weighted by molar-refractivity contribution is 7.99. The van der Waals surface area contributed by atoms with Crippen LogP contribution in [0.15, 0.2) is 34.6 Å². The van der Waals surface area contributed by atoms with Crippen LogP contribution >= 0.6 is 11.8 Å². The van der Waals surface area contributed by atoms with Crippen molar-refractivity contribution in [1.82, 2.24) is 14.8 Å². The van der Waals surface area contributed by atoms with Gasteiger partial charge in [-0.25, -0.2) is 4.68 Å². The highest BCUT2D eigenvalue weighted by atomic mass is 32.2. The van der Waals surface area contributed by atoms with Crippen LogP contribution in [0.5, 0.6) is 11.5 Å². The number of carbonyl (C=O) groups is 1. The van der Waals surface area contributed by atoms with Crippen LogP contribution in [0.2, 0.25) is 0 Å². The summed E-state index contributed by atoms with van der Waals surface area (Å²) in [5.41, 5.74) is 2.73. The smallest absolute Gasteiger partial charge is 0.227 e. The molecule has 7 nitrogen and oxygen atoms in total. The summed E-state index contributed by atoms with van der Waals surface area (Å²) >= 11 is 1.59. The number of carbonyl (C=O) groups excluding carboxylic acids is 1. The molecule has 1 unspecified atom stereocenters. The number of nitrogens with zero attached hydrogens (tertiary/aromatic N) is 3. The molecule has 8 heteroatoms. The van der Waals surface area contributed by atoms with Crippen molar-refractivity contribution in [3.05, 3.63) is 35.0 Å². The molecule has 27 heavy (non-hydrogen) atoms. The van der Waals surface area contributed by atoms with E-state index in [9.17, 15) is 4.79 Å². The number of allylic oxidation sites excluding steroid dienone is 2. The first kappa shape index (κ1) is 16.7. The molecular weight excluding hydrogens is 364 g/mol. The van der Waals surface area contributed by atoms with Crippen molar-refractivity contribution < 1.29 is 14.3 Å². The number of benzene rings is 1. The Balaban J connectivity index is 1.65. The summed E-state index contributed by atoms with van der Waals surface area (Å²) in [6, 6.07) is 5.58. The van der Waals surface area contributed by atoms with Gasteiger partial charge in [0.2, 0.25) is 11.1 Å². The number of ketones is 1. The van der Waals surface area contributed by atoms with E-state index < -0.39 is 0 Å². The van der Waals surface area contributed by atoms with Crippen LogP contribution in [-0.2, 0) is 4.79 Å². The van der Waals surface area contributed by atoms with E-state index in [0.717, 1.165) is 46.3 Å². The fraction of sp³-hybridized carbons (Fsp3) is 0.421. The summed E-state index contributed by atoms with van der Waals surface area (Å²) in [6.07, 6.45) is 2.29. The molecule has 2 aliphatic heterocycles. The summed E-state index contributed by atoms with van der Waals surface area (Å²) < 4.78 is 13.2. The predicted molar refractivity (Wildman–Crippen MR) is 101 cm³/mol. The summed E-state index contributed by atoms with van der Waals surface area (Å²) in [7, 11) is 0. The van der Waals surface area contributed by atoms with Crippen molar-refractivity contribution >= 4 is 23.5 Å². The third kappa shape index (κ3) is 2.79. The zero-order valence-electron chi connectivity index (χ0n) is 15.0. The van der Waals surface area contributed by atoms with Crippen molar-refractivity contribution in [3.8, 4) is 11.5 Å². The number of anilines is 1. The number of aromatic nitrogens is 3. The SMILES string of the molecule is CCSc1nc2n(n1)C(c1ccc3c(c1)OCCO3)C1=C(CCCC1=O)N2. The molecule has 140 valence electrons. The molecule has 1 aliphatic carbocycles. The highest BCUT2D eigenvalue weighted by Gasteiger charge is 2.37. The van der Waals surface area contributed by atoms with Gasteiger partial charge in [0.25, 0.3) is 0 Å². The molecule has 2 aromatic rings. The first-order chi connectivity index (χ1) is 13.2. The topological polar surface area (TPSA) is 78.3 Å². The zero-order chi connectivity index (χ0) is 18.4. The van der Waals surface area contributed by atoms with Gasteiger partial charge < -0.3 is 14.8 Å². The largest absolute Gasteiger partial charge is 0.486 e. The van der Waals surface area contributed by atoms with E-state index in [4.69, 9.17) is 9.47 Å². The lowest BCUT2D eigenvalue weighted by Crippen LogP contribution is -2.31. The third-order valence-electron chi connectivity index (χ3n) is 5.00. The Kier molecular flexibility index (Phi) is 4.07. The molecule has 0 bridgehead atoms. The number of nitrogens with one attached hydrogen (secondary N) is 1. The fourth-order valence-corrected chi connectivity index (χ4v) is 4.42. The molecule has 0 radical (unpaired) electrons. The molecule has 1 aromatic heterocycles. The predicted octanol–water partition coefficient (Wildman–Crippen LogP) is 3.18. The van der Waals surface area contributed by atoms with Gasteiger partial charge >= 0.3 is 0 Å². The van der Waals surface area contributed by atoms with Gasteiger partial charge in [-0.3, -0.25) is 4.79 Å². The average Bonchev–Trinajstić information content (AvgIpc) is 3.08. The molecule has 0 spiro atoms. The van der Waals surface area contributed by atoms with Crippen LogP contribution < -0.4 is 14.8 Å². The number of fused-ring (bicyclic) bond motifs is 2. The molecule has 0 saturated heterocycles. The molecule has 1 atom stereocenters. The van der Waals surface area contributed by atoms with Crippen LogP contribution in [0.4, 0.5) is 5.95 Å². The molecule has 0 fully saturated rings. The van der Waals surface area contributed by atoms with Gasteiger partial charge in [0, 0.05) is 17.7 Å². The third-order valence-corrected chi connectivity index (χ3v) is 5.72.